The maximum atomic E-state index is 6.04. The zero-order valence-corrected chi connectivity index (χ0v) is 14.3. The first-order valence-electron chi connectivity index (χ1n) is 6.94. The molecule has 0 unspecified atom stereocenters. The van der Waals surface area contributed by atoms with Crippen molar-refractivity contribution in [3.63, 3.8) is 0 Å². The molecule has 0 heterocycles. The van der Waals surface area contributed by atoms with Gasteiger partial charge in [0.2, 0.25) is 0 Å². The average Bonchev–Trinajstić information content (AvgIpc) is 2.40. The third-order valence-corrected chi connectivity index (χ3v) is 3.96. The monoisotopic (exact) mass is 322 g/mol. The van der Waals surface area contributed by atoms with E-state index in [2.05, 4.69) is 39.8 Å². The van der Waals surface area contributed by atoms with Crippen LogP contribution < -0.4 is 4.74 Å². The molecule has 21 heavy (non-hydrogen) atoms. The van der Waals surface area contributed by atoms with E-state index in [0.29, 0.717) is 16.7 Å². The topological polar surface area (TPSA) is 9.23 Å². The van der Waals surface area contributed by atoms with E-state index in [-0.39, 0.29) is 5.41 Å². The molecule has 0 aromatic heterocycles. The molecule has 0 aliphatic rings. The second-order valence-electron chi connectivity index (χ2n) is 6.22. The molecule has 2 aromatic rings. The summed E-state index contributed by atoms with van der Waals surface area (Å²) in [6.45, 7) is 8.65. The van der Waals surface area contributed by atoms with Crippen molar-refractivity contribution in [2.75, 3.05) is 0 Å². The Morgan fingerprint density at radius 2 is 1.71 bits per heavy atom. The predicted octanol–water partition coefficient (Wildman–Crippen LogP) is 6.48. The van der Waals surface area contributed by atoms with Crippen molar-refractivity contribution in [2.24, 2.45) is 0 Å². The number of halogens is 2. The van der Waals surface area contributed by atoms with Gasteiger partial charge in [-0.15, -0.1) is 11.6 Å². The SMILES string of the molecule is Cc1cc(C(C)(C)C)ccc1Oc1cc(Cl)ccc1CCl. The van der Waals surface area contributed by atoms with Crippen LogP contribution in [0.4, 0.5) is 0 Å². The van der Waals surface area contributed by atoms with Gasteiger partial charge >= 0.3 is 0 Å². The average molecular weight is 323 g/mol. The summed E-state index contributed by atoms with van der Waals surface area (Å²) < 4.78 is 6.01. The summed E-state index contributed by atoms with van der Waals surface area (Å²) in [6, 6.07) is 11.8. The van der Waals surface area contributed by atoms with Crippen LogP contribution in [0.3, 0.4) is 0 Å². The van der Waals surface area contributed by atoms with E-state index >= 15 is 0 Å². The van der Waals surface area contributed by atoms with Crippen LogP contribution in [0, 0.1) is 6.92 Å². The zero-order chi connectivity index (χ0) is 15.6. The smallest absolute Gasteiger partial charge is 0.133 e. The van der Waals surface area contributed by atoms with Crippen LogP contribution in [0.2, 0.25) is 5.02 Å². The largest absolute Gasteiger partial charge is 0.457 e. The van der Waals surface area contributed by atoms with E-state index in [4.69, 9.17) is 27.9 Å². The van der Waals surface area contributed by atoms with Gasteiger partial charge in [0, 0.05) is 10.6 Å². The molecule has 1 nitrogen and oxygen atoms in total. The van der Waals surface area contributed by atoms with Crippen molar-refractivity contribution in [2.45, 2.75) is 39.0 Å². The van der Waals surface area contributed by atoms with Gasteiger partial charge in [0.25, 0.3) is 0 Å². The van der Waals surface area contributed by atoms with Gasteiger partial charge < -0.3 is 4.74 Å². The number of hydrogen-bond donors (Lipinski definition) is 0. The maximum absolute atomic E-state index is 6.04. The minimum atomic E-state index is 0.126. The van der Waals surface area contributed by atoms with Crippen molar-refractivity contribution >= 4 is 23.2 Å². The van der Waals surface area contributed by atoms with Crippen LogP contribution >= 0.6 is 23.2 Å². The van der Waals surface area contributed by atoms with E-state index in [1.807, 2.05) is 18.2 Å². The van der Waals surface area contributed by atoms with Crippen LogP contribution in [0.15, 0.2) is 36.4 Å². The predicted molar refractivity (Wildman–Crippen MR) is 91.0 cm³/mol. The Hall–Kier alpha value is -1.18. The van der Waals surface area contributed by atoms with Gasteiger partial charge in [-0.1, -0.05) is 50.6 Å². The number of ether oxygens (including phenoxy) is 1. The lowest BCUT2D eigenvalue weighted by atomic mass is 9.86. The minimum absolute atomic E-state index is 0.126. The molecule has 0 bridgehead atoms. The first-order valence-corrected chi connectivity index (χ1v) is 7.86. The third-order valence-electron chi connectivity index (χ3n) is 3.43. The molecular formula is C18H20Cl2O. The molecule has 0 N–H and O–H groups in total. The Morgan fingerprint density at radius 1 is 1.00 bits per heavy atom. The number of rotatable bonds is 3. The first kappa shape index (κ1) is 16.2. The third kappa shape index (κ3) is 3.93. The standard InChI is InChI=1S/C18H20Cl2O/c1-12-9-14(18(2,3)4)6-8-16(12)21-17-10-15(20)7-5-13(17)11-19/h5-10H,11H2,1-4H3. The van der Waals surface area contributed by atoms with E-state index in [1.165, 1.54) is 5.56 Å². The Morgan fingerprint density at radius 3 is 2.29 bits per heavy atom. The van der Waals surface area contributed by atoms with Gasteiger partial charge in [-0.3, -0.25) is 0 Å². The first-order chi connectivity index (χ1) is 9.81. The van der Waals surface area contributed by atoms with Gasteiger partial charge in [0.1, 0.15) is 11.5 Å². The summed E-state index contributed by atoms with van der Waals surface area (Å²) in [5, 5.41) is 0.642. The zero-order valence-electron chi connectivity index (χ0n) is 12.8. The van der Waals surface area contributed by atoms with Crippen LogP contribution in [-0.2, 0) is 11.3 Å². The Balaban J connectivity index is 2.34. The van der Waals surface area contributed by atoms with Gasteiger partial charge in [0.05, 0.1) is 5.88 Å². The Kier molecular flexibility index (Phi) is 4.85. The highest BCUT2D eigenvalue weighted by atomic mass is 35.5. The van der Waals surface area contributed by atoms with Crippen molar-refractivity contribution in [1.29, 1.82) is 0 Å². The highest BCUT2D eigenvalue weighted by Gasteiger charge is 2.15. The molecule has 112 valence electrons. The van der Waals surface area contributed by atoms with Crippen LogP contribution in [0.25, 0.3) is 0 Å². The summed E-state index contributed by atoms with van der Waals surface area (Å²) in [5.41, 5.74) is 3.44. The normalized spacial score (nSPS) is 11.5. The van der Waals surface area contributed by atoms with E-state index < -0.39 is 0 Å². The minimum Gasteiger partial charge on any atom is -0.457 e. The molecule has 0 saturated carbocycles. The highest BCUT2D eigenvalue weighted by molar-refractivity contribution is 6.30. The van der Waals surface area contributed by atoms with Crippen molar-refractivity contribution in [3.05, 3.63) is 58.1 Å². The van der Waals surface area contributed by atoms with Crippen molar-refractivity contribution < 1.29 is 4.74 Å². The summed E-state index contributed by atoms with van der Waals surface area (Å²) in [5.74, 6) is 1.94. The molecule has 0 fully saturated rings. The van der Waals surface area contributed by atoms with Crippen molar-refractivity contribution in [3.8, 4) is 11.5 Å². The maximum Gasteiger partial charge on any atom is 0.133 e. The number of benzene rings is 2. The van der Waals surface area contributed by atoms with Crippen LogP contribution in [0.5, 0.6) is 11.5 Å². The van der Waals surface area contributed by atoms with Gasteiger partial charge in [-0.05, 0) is 41.7 Å². The van der Waals surface area contributed by atoms with E-state index in [9.17, 15) is 0 Å². The van der Waals surface area contributed by atoms with E-state index in [1.54, 1.807) is 6.07 Å². The highest BCUT2D eigenvalue weighted by Crippen LogP contribution is 2.33. The molecule has 0 aliphatic carbocycles. The fourth-order valence-electron chi connectivity index (χ4n) is 2.08. The summed E-state index contributed by atoms with van der Waals surface area (Å²) in [6.07, 6.45) is 0. The molecule has 3 heteroatoms. The molecule has 2 rings (SSSR count). The molecule has 0 saturated heterocycles. The van der Waals surface area contributed by atoms with Crippen molar-refractivity contribution in [1.82, 2.24) is 0 Å². The van der Waals surface area contributed by atoms with Crippen LogP contribution in [0.1, 0.15) is 37.5 Å². The lowest BCUT2D eigenvalue weighted by molar-refractivity contribution is 0.473. The van der Waals surface area contributed by atoms with Gasteiger partial charge in [-0.2, -0.15) is 0 Å². The molecule has 0 amide bonds. The number of alkyl halides is 1. The second kappa shape index (κ2) is 6.29. The molecular weight excluding hydrogens is 303 g/mol. The quantitative estimate of drug-likeness (QED) is 0.588. The van der Waals surface area contributed by atoms with E-state index in [0.717, 1.165) is 16.9 Å². The lowest BCUT2D eigenvalue weighted by Crippen LogP contribution is -2.11. The van der Waals surface area contributed by atoms with Gasteiger partial charge in [0.15, 0.2) is 0 Å². The lowest BCUT2D eigenvalue weighted by Gasteiger charge is -2.21. The fourth-order valence-corrected chi connectivity index (χ4v) is 2.47. The van der Waals surface area contributed by atoms with Crippen LogP contribution in [-0.4, -0.2) is 0 Å². The molecule has 0 aliphatic heterocycles. The number of aryl methyl sites for hydroxylation is 1. The van der Waals surface area contributed by atoms with Gasteiger partial charge in [-0.25, -0.2) is 0 Å². The molecule has 2 aromatic carbocycles. The fraction of sp³-hybridized carbons (Fsp3) is 0.333. The molecule has 0 spiro atoms. The summed E-state index contributed by atoms with van der Waals surface area (Å²) in [7, 11) is 0. The Labute approximate surface area is 136 Å². The molecule has 0 radical (unpaired) electrons. The summed E-state index contributed by atoms with van der Waals surface area (Å²) in [4.78, 5) is 0. The Bertz CT molecular complexity index is 642. The second-order valence-corrected chi connectivity index (χ2v) is 6.92. The number of hydrogen-bond acceptors (Lipinski definition) is 1. The molecule has 0 atom stereocenters. The summed E-state index contributed by atoms with van der Waals surface area (Å²) >= 11 is 12.0.